The molecule has 1 atom stereocenters. The van der Waals surface area contributed by atoms with Gasteiger partial charge in [-0.3, -0.25) is 0 Å². The first-order chi connectivity index (χ1) is 4.58. The molecule has 0 aromatic heterocycles. The average Bonchev–Trinajstić information content (AvgIpc) is 2.10. The fourth-order valence-corrected chi connectivity index (χ4v) is 1.10. The van der Waals surface area contributed by atoms with E-state index in [1.54, 1.807) is 6.92 Å². The maximum atomic E-state index is 12.5. The SMILES string of the molecule is CCC1=CCC(F)(F)C1O. The van der Waals surface area contributed by atoms with Gasteiger partial charge >= 0.3 is 0 Å². The molecule has 3 heteroatoms. The van der Waals surface area contributed by atoms with Crippen molar-refractivity contribution < 1.29 is 13.9 Å². The average molecular weight is 148 g/mol. The molecule has 0 spiro atoms. The van der Waals surface area contributed by atoms with Crippen LogP contribution in [0.5, 0.6) is 0 Å². The molecule has 10 heavy (non-hydrogen) atoms. The zero-order valence-electron chi connectivity index (χ0n) is 5.77. The molecule has 0 aromatic carbocycles. The van der Waals surface area contributed by atoms with Gasteiger partial charge in [0.25, 0.3) is 5.92 Å². The Labute approximate surface area is 58.4 Å². The minimum absolute atomic E-state index is 0.308. The number of aliphatic hydroxyl groups excluding tert-OH is 1. The Morgan fingerprint density at radius 2 is 2.40 bits per heavy atom. The van der Waals surface area contributed by atoms with Crippen molar-refractivity contribution >= 4 is 0 Å². The van der Waals surface area contributed by atoms with Crippen LogP contribution < -0.4 is 0 Å². The predicted molar refractivity (Wildman–Crippen MR) is 33.9 cm³/mol. The van der Waals surface area contributed by atoms with Gasteiger partial charge in [0.2, 0.25) is 0 Å². The Morgan fingerprint density at radius 1 is 1.80 bits per heavy atom. The van der Waals surface area contributed by atoms with E-state index in [1.165, 1.54) is 6.08 Å². The molecule has 1 aliphatic rings. The van der Waals surface area contributed by atoms with Gasteiger partial charge in [-0.25, -0.2) is 8.78 Å². The standard InChI is InChI=1S/C7H10F2O/c1-2-5-3-4-7(8,9)6(5)10/h3,6,10H,2,4H2,1H3. The Bertz CT molecular complexity index is 163. The zero-order valence-corrected chi connectivity index (χ0v) is 5.77. The largest absolute Gasteiger partial charge is 0.382 e. The van der Waals surface area contributed by atoms with Crippen molar-refractivity contribution in [2.75, 3.05) is 0 Å². The van der Waals surface area contributed by atoms with Gasteiger partial charge in [-0.05, 0) is 12.0 Å². The molecule has 0 aliphatic heterocycles. The predicted octanol–water partition coefficient (Wildman–Crippen LogP) is 1.72. The zero-order chi connectivity index (χ0) is 7.78. The molecule has 0 bridgehead atoms. The van der Waals surface area contributed by atoms with Crippen LogP contribution >= 0.6 is 0 Å². The van der Waals surface area contributed by atoms with Crippen LogP contribution in [0, 0.1) is 0 Å². The van der Waals surface area contributed by atoms with E-state index in [0.717, 1.165) is 0 Å². The van der Waals surface area contributed by atoms with Gasteiger partial charge in [-0.2, -0.15) is 0 Å². The Balaban J connectivity index is 2.69. The van der Waals surface area contributed by atoms with Crippen LogP contribution in [-0.4, -0.2) is 17.1 Å². The van der Waals surface area contributed by atoms with Gasteiger partial charge in [-0.1, -0.05) is 13.0 Å². The number of rotatable bonds is 1. The lowest BCUT2D eigenvalue weighted by Gasteiger charge is -2.15. The van der Waals surface area contributed by atoms with Gasteiger partial charge in [0.05, 0.1) is 0 Å². The third-order valence-corrected chi connectivity index (χ3v) is 1.80. The topological polar surface area (TPSA) is 20.2 Å². The lowest BCUT2D eigenvalue weighted by atomic mass is 10.1. The van der Waals surface area contributed by atoms with Crippen LogP contribution in [0.25, 0.3) is 0 Å². The van der Waals surface area contributed by atoms with Gasteiger partial charge < -0.3 is 5.11 Å². The molecule has 1 unspecified atom stereocenters. The summed E-state index contributed by atoms with van der Waals surface area (Å²) in [7, 11) is 0. The Hall–Kier alpha value is -0.440. The maximum Gasteiger partial charge on any atom is 0.280 e. The molecule has 58 valence electrons. The van der Waals surface area contributed by atoms with E-state index < -0.39 is 12.0 Å². The van der Waals surface area contributed by atoms with E-state index in [-0.39, 0.29) is 6.42 Å². The molecule has 0 saturated carbocycles. The van der Waals surface area contributed by atoms with Crippen molar-refractivity contribution in [1.82, 2.24) is 0 Å². The summed E-state index contributed by atoms with van der Waals surface area (Å²) >= 11 is 0. The highest BCUT2D eigenvalue weighted by atomic mass is 19.3. The van der Waals surface area contributed by atoms with Crippen LogP contribution in [0.2, 0.25) is 0 Å². The van der Waals surface area contributed by atoms with Crippen LogP contribution in [-0.2, 0) is 0 Å². The number of hydrogen-bond acceptors (Lipinski definition) is 1. The summed E-state index contributed by atoms with van der Waals surface area (Å²) in [5.74, 6) is -2.91. The summed E-state index contributed by atoms with van der Waals surface area (Å²) in [6.45, 7) is 1.76. The summed E-state index contributed by atoms with van der Waals surface area (Å²) in [6.07, 6.45) is 0.0937. The monoisotopic (exact) mass is 148 g/mol. The number of halogens is 2. The number of aliphatic hydroxyl groups is 1. The lowest BCUT2D eigenvalue weighted by Crippen LogP contribution is -2.29. The van der Waals surface area contributed by atoms with E-state index in [4.69, 9.17) is 5.11 Å². The van der Waals surface area contributed by atoms with E-state index in [0.29, 0.717) is 12.0 Å². The molecule has 0 fully saturated rings. The van der Waals surface area contributed by atoms with Gasteiger partial charge in [0, 0.05) is 6.42 Å². The minimum Gasteiger partial charge on any atom is -0.382 e. The van der Waals surface area contributed by atoms with E-state index >= 15 is 0 Å². The van der Waals surface area contributed by atoms with Gasteiger partial charge in [0.15, 0.2) is 0 Å². The summed E-state index contributed by atoms with van der Waals surface area (Å²) in [5.41, 5.74) is 0.463. The fraction of sp³-hybridized carbons (Fsp3) is 0.714. The van der Waals surface area contributed by atoms with Crippen molar-refractivity contribution in [2.45, 2.75) is 31.8 Å². The van der Waals surface area contributed by atoms with E-state index in [2.05, 4.69) is 0 Å². The first-order valence-corrected chi connectivity index (χ1v) is 3.32. The normalized spacial score (nSPS) is 30.4. The Kier molecular flexibility index (Phi) is 1.77. The van der Waals surface area contributed by atoms with Crippen molar-refractivity contribution in [1.29, 1.82) is 0 Å². The first-order valence-electron chi connectivity index (χ1n) is 3.32. The molecule has 0 saturated heterocycles. The second-order valence-corrected chi connectivity index (χ2v) is 2.50. The Morgan fingerprint density at radius 3 is 2.60 bits per heavy atom. The first kappa shape index (κ1) is 7.66. The van der Waals surface area contributed by atoms with Crippen LogP contribution in [0.4, 0.5) is 8.78 Å². The molecule has 0 amide bonds. The third-order valence-electron chi connectivity index (χ3n) is 1.80. The van der Waals surface area contributed by atoms with Crippen LogP contribution in [0.3, 0.4) is 0 Å². The molecule has 0 radical (unpaired) electrons. The molecule has 0 aromatic rings. The second-order valence-electron chi connectivity index (χ2n) is 2.50. The van der Waals surface area contributed by atoms with Crippen molar-refractivity contribution in [3.63, 3.8) is 0 Å². The third kappa shape index (κ3) is 1.06. The van der Waals surface area contributed by atoms with Crippen molar-refractivity contribution in [2.24, 2.45) is 0 Å². The second kappa shape index (κ2) is 2.31. The molecule has 1 rings (SSSR count). The highest BCUT2D eigenvalue weighted by Gasteiger charge is 2.43. The summed E-state index contributed by atoms with van der Waals surface area (Å²) < 4.78 is 24.9. The maximum absolute atomic E-state index is 12.5. The van der Waals surface area contributed by atoms with Crippen molar-refractivity contribution in [3.8, 4) is 0 Å². The summed E-state index contributed by atoms with van der Waals surface area (Å²) in [6, 6.07) is 0. The number of allylic oxidation sites excluding steroid dienone is 1. The van der Waals surface area contributed by atoms with Gasteiger partial charge in [-0.15, -0.1) is 0 Å². The number of alkyl halides is 2. The molecule has 1 nitrogen and oxygen atoms in total. The minimum atomic E-state index is -2.91. The summed E-state index contributed by atoms with van der Waals surface area (Å²) in [4.78, 5) is 0. The quantitative estimate of drug-likeness (QED) is 0.561. The van der Waals surface area contributed by atoms with Gasteiger partial charge in [0.1, 0.15) is 6.10 Å². The van der Waals surface area contributed by atoms with E-state index in [1.807, 2.05) is 0 Å². The van der Waals surface area contributed by atoms with Crippen molar-refractivity contribution in [3.05, 3.63) is 11.6 Å². The fourth-order valence-electron chi connectivity index (χ4n) is 1.10. The molecular weight excluding hydrogens is 138 g/mol. The lowest BCUT2D eigenvalue weighted by molar-refractivity contribution is -0.0784. The van der Waals surface area contributed by atoms with Crippen LogP contribution in [0.15, 0.2) is 11.6 Å². The molecule has 1 N–H and O–H groups in total. The highest BCUT2D eigenvalue weighted by Crippen LogP contribution is 2.35. The molecule has 1 aliphatic carbocycles. The highest BCUT2D eigenvalue weighted by molar-refractivity contribution is 5.19. The molecule has 0 heterocycles. The molecular formula is C7H10F2O. The van der Waals surface area contributed by atoms with Crippen LogP contribution in [0.1, 0.15) is 19.8 Å². The summed E-state index contributed by atoms with van der Waals surface area (Å²) in [5, 5.41) is 8.90. The van der Waals surface area contributed by atoms with E-state index in [9.17, 15) is 8.78 Å². The smallest absolute Gasteiger partial charge is 0.280 e. The number of hydrogen-bond donors (Lipinski definition) is 1.